The molecule has 198 valence electrons. The smallest absolute Gasteiger partial charge is 0.424 e. The molecular formula is C21H25N6O9P. The fourth-order valence-corrected chi connectivity index (χ4v) is 5.85. The number of nitrogen functional groups attached to an aromatic ring is 1. The molecule has 3 aliphatic rings. The summed E-state index contributed by atoms with van der Waals surface area (Å²) in [6.45, 7) is 6.73. The molecule has 3 N–H and O–H groups in total. The maximum atomic E-state index is 13.2. The molecule has 0 spiro atoms. The van der Waals surface area contributed by atoms with Gasteiger partial charge in [0.05, 0.1) is 25.2 Å². The summed E-state index contributed by atoms with van der Waals surface area (Å²) in [7, 11) is -4.03. The van der Waals surface area contributed by atoms with Crippen molar-refractivity contribution in [2.24, 2.45) is 4.99 Å². The van der Waals surface area contributed by atoms with Crippen LogP contribution in [0.15, 0.2) is 40.0 Å². The number of imidazole rings is 1. The molecule has 0 saturated carbocycles. The summed E-state index contributed by atoms with van der Waals surface area (Å²) in [5.74, 6) is -0.130. The van der Waals surface area contributed by atoms with Gasteiger partial charge in [0, 0.05) is 6.42 Å². The third-order valence-electron chi connectivity index (χ3n) is 6.18. The van der Waals surface area contributed by atoms with Crippen molar-refractivity contribution in [3.63, 3.8) is 0 Å². The zero-order valence-electron chi connectivity index (χ0n) is 19.9. The standard InChI is InChI=1S/C21H25N6O9P/c1-4-5-6-11(23-3)12-7-8-31-37(30,36-12)32-9-13-15-21(2,35-20(29)34-15)18(33-13)27-10-24-14-16(27)25-19(22)26-17(14)28/h4-6,10,12-13,15,18H,3,7-9H2,1-2H3,(H3,22,25,26,28)/b5-4-,11-6-/t12-,13-,15-,18-,21-,37+/m1/s1. The Hall–Kier alpha value is -3.36. The molecule has 0 amide bonds. The summed E-state index contributed by atoms with van der Waals surface area (Å²) < 4.78 is 48.1. The molecule has 0 aliphatic carbocycles. The van der Waals surface area contributed by atoms with Crippen LogP contribution >= 0.6 is 7.82 Å². The predicted octanol–water partition coefficient (Wildman–Crippen LogP) is 1.98. The van der Waals surface area contributed by atoms with E-state index in [9.17, 15) is 14.2 Å². The van der Waals surface area contributed by atoms with Gasteiger partial charge >= 0.3 is 14.0 Å². The Morgan fingerprint density at radius 1 is 1.49 bits per heavy atom. The first kappa shape index (κ1) is 25.3. The highest BCUT2D eigenvalue weighted by atomic mass is 31.2. The maximum Gasteiger partial charge on any atom is 0.509 e. The van der Waals surface area contributed by atoms with E-state index in [4.69, 9.17) is 33.5 Å². The van der Waals surface area contributed by atoms with Crippen molar-refractivity contribution in [1.29, 1.82) is 0 Å². The number of phosphoric acid groups is 1. The van der Waals surface area contributed by atoms with Gasteiger partial charge < -0.3 is 19.9 Å². The summed E-state index contributed by atoms with van der Waals surface area (Å²) in [4.78, 5) is 38.9. The molecule has 0 unspecified atom stereocenters. The Morgan fingerprint density at radius 3 is 3.05 bits per heavy atom. The van der Waals surface area contributed by atoms with E-state index in [0.29, 0.717) is 12.1 Å². The Balaban J connectivity index is 1.38. The molecule has 5 heterocycles. The fraction of sp³-hybridized carbons (Fsp3) is 0.476. The van der Waals surface area contributed by atoms with Crippen molar-refractivity contribution < 1.29 is 37.1 Å². The minimum atomic E-state index is -4.03. The number of fused-ring (bicyclic) bond motifs is 2. The number of hydrogen-bond donors (Lipinski definition) is 2. The van der Waals surface area contributed by atoms with Crippen LogP contribution in [0.3, 0.4) is 0 Å². The number of phosphoric ester groups is 1. The minimum absolute atomic E-state index is 0.0139. The van der Waals surface area contributed by atoms with E-state index < -0.39 is 49.7 Å². The number of nitrogens with one attached hydrogen (secondary N) is 1. The highest BCUT2D eigenvalue weighted by molar-refractivity contribution is 7.48. The molecular weight excluding hydrogens is 511 g/mol. The van der Waals surface area contributed by atoms with E-state index in [0.717, 1.165) is 0 Å². The molecule has 3 fully saturated rings. The highest BCUT2D eigenvalue weighted by Gasteiger charge is 2.64. The van der Waals surface area contributed by atoms with Crippen LogP contribution < -0.4 is 11.3 Å². The number of carbonyl (C=O) groups excluding carboxylic acids is 1. The molecule has 0 bridgehead atoms. The van der Waals surface area contributed by atoms with Crippen molar-refractivity contribution in [2.45, 2.75) is 50.4 Å². The molecule has 15 nitrogen and oxygen atoms in total. The number of hydrogen-bond acceptors (Lipinski definition) is 13. The highest BCUT2D eigenvalue weighted by Crippen LogP contribution is 2.56. The first-order valence-electron chi connectivity index (χ1n) is 11.3. The number of nitrogens with zero attached hydrogens (tertiary/aromatic N) is 4. The van der Waals surface area contributed by atoms with Crippen molar-refractivity contribution in [2.75, 3.05) is 18.9 Å². The van der Waals surface area contributed by atoms with Crippen LogP contribution in [0.25, 0.3) is 11.2 Å². The van der Waals surface area contributed by atoms with E-state index in [1.54, 1.807) is 25.2 Å². The van der Waals surface area contributed by atoms with Crippen LogP contribution in [0.4, 0.5) is 10.7 Å². The lowest BCUT2D eigenvalue weighted by atomic mass is 9.96. The third kappa shape index (κ3) is 4.49. The Labute approximate surface area is 209 Å². The van der Waals surface area contributed by atoms with Gasteiger partial charge in [-0.05, 0) is 26.6 Å². The largest absolute Gasteiger partial charge is 0.509 e. The van der Waals surface area contributed by atoms with Gasteiger partial charge in [0.15, 0.2) is 29.1 Å². The van der Waals surface area contributed by atoms with E-state index in [2.05, 4.69) is 26.7 Å². The minimum Gasteiger partial charge on any atom is -0.424 e. The number of carbonyl (C=O) groups is 1. The average molecular weight is 536 g/mol. The van der Waals surface area contributed by atoms with Gasteiger partial charge in [0.1, 0.15) is 12.2 Å². The number of aromatic amines is 1. The summed E-state index contributed by atoms with van der Waals surface area (Å²) in [6.07, 6.45) is 2.44. The average Bonchev–Trinajstić information content (AvgIpc) is 3.47. The summed E-state index contributed by atoms with van der Waals surface area (Å²) in [5, 5.41) is 0. The lowest BCUT2D eigenvalue weighted by molar-refractivity contribution is -0.0921. The van der Waals surface area contributed by atoms with Gasteiger partial charge in [-0.1, -0.05) is 12.2 Å². The molecule has 5 rings (SSSR count). The SMILES string of the molecule is C=N/C(=C\C=C/C)[C@H]1CCO[P@@](=O)(OC[C@H]2O[C@@H](n3cnc4c(=O)[nH]c(N)nc43)[C@]3(C)OC(=O)O[C@H]23)O1. The topological polar surface area (TPSA) is 191 Å². The van der Waals surface area contributed by atoms with Gasteiger partial charge in [0.25, 0.3) is 5.56 Å². The molecule has 16 heteroatoms. The molecule has 6 atom stereocenters. The van der Waals surface area contributed by atoms with Crippen molar-refractivity contribution in [1.82, 2.24) is 19.5 Å². The lowest BCUT2D eigenvalue weighted by Gasteiger charge is -2.29. The number of rotatable bonds is 7. The molecule has 3 saturated heterocycles. The maximum absolute atomic E-state index is 13.2. The van der Waals surface area contributed by atoms with E-state index in [1.807, 2.05) is 6.92 Å². The molecule has 3 aliphatic heterocycles. The Morgan fingerprint density at radius 2 is 2.30 bits per heavy atom. The zero-order valence-corrected chi connectivity index (χ0v) is 20.8. The second-order valence-corrected chi connectivity index (χ2v) is 10.2. The second-order valence-electron chi connectivity index (χ2n) is 8.61. The van der Waals surface area contributed by atoms with E-state index >= 15 is 0 Å². The Bertz CT molecular complexity index is 1400. The van der Waals surface area contributed by atoms with Gasteiger partial charge in [0.2, 0.25) is 5.95 Å². The van der Waals surface area contributed by atoms with E-state index in [-0.39, 0.29) is 30.3 Å². The normalized spacial score (nSPS) is 34.0. The number of anilines is 1. The zero-order chi connectivity index (χ0) is 26.4. The fourth-order valence-electron chi connectivity index (χ4n) is 4.47. The van der Waals surface area contributed by atoms with Crippen molar-refractivity contribution in [3.8, 4) is 0 Å². The van der Waals surface area contributed by atoms with Crippen LogP contribution in [0.5, 0.6) is 0 Å². The number of allylic oxidation sites excluding steroid dienone is 3. The van der Waals surface area contributed by atoms with Gasteiger partial charge in [-0.15, -0.1) is 0 Å². The number of nitrogens with two attached hydrogens (primary N) is 1. The van der Waals surface area contributed by atoms with Gasteiger partial charge in [-0.3, -0.25) is 32.9 Å². The lowest BCUT2D eigenvalue weighted by Crippen LogP contribution is -2.42. The van der Waals surface area contributed by atoms with Gasteiger partial charge in [-0.2, -0.15) is 4.98 Å². The first-order valence-corrected chi connectivity index (χ1v) is 12.8. The summed E-state index contributed by atoms with van der Waals surface area (Å²) >= 11 is 0. The van der Waals surface area contributed by atoms with Crippen LogP contribution in [0.2, 0.25) is 0 Å². The molecule has 0 aromatic carbocycles. The molecule has 0 radical (unpaired) electrons. The predicted molar refractivity (Wildman–Crippen MR) is 128 cm³/mol. The van der Waals surface area contributed by atoms with Crippen LogP contribution in [-0.4, -0.2) is 69.5 Å². The monoisotopic (exact) mass is 536 g/mol. The second kappa shape index (κ2) is 9.50. The number of aromatic nitrogens is 4. The van der Waals surface area contributed by atoms with Crippen molar-refractivity contribution >= 4 is 37.8 Å². The van der Waals surface area contributed by atoms with Crippen molar-refractivity contribution in [3.05, 3.63) is 40.6 Å². The molecule has 37 heavy (non-hydrogen) atoms. The van der Waals surface area contributed by atoms with Crippen LogP contribution in [0.1, 0.15) is 26.5 Å². The molecule has 2 aromatic heterocycles. The number of ether oxygens (including phenoxy) is 3. The number of aliphatic imine (C=N–C) groups is 1. The van der Waals surface area contributed by atoms with E-state index in [1.165, 1.54) is 10.9 Å². The third-order valence-corrected chi connectivity index (χ3v) is 7.66. The van der Waals surface area contributed by atoms with Gasteiger partial charge in [-0.25, -0.2) is 14.3 Å². The number of H-pyrrole nitrogens is 1. The first-order chi connectivity index (χ1) is 17.7. The Kier molecular flexibility index (Phi) is 6.50. The summed E-state index contributed by atoms with van der Waals surface area (Å²) in [6, 6.07) is 0. The van der Waals surface area contributed by atoms with Crippen LogP contribution in [0, 0.1) is 0 Å². The molecule has 2 aromatic rings. The quantitative estimate of drug-likeness (QED) is 0.227. The van der Waals surface area contributed by atoms with Crippen LogP contribution in [-0.2, 0) is 32.3 Å². The summed E-state index contributed by atoms with van der Waals surface area (Å²) in [5.41, 5.74) is 4.39.